The second-order valence-corrected chi connectivity index (χ2v) is 9.55. The highest BCUT2D eigenvalue weighted by atomic mass is 16.2. The molecule has 2 fully saturated rings. The maximum atomic E-state index is 12.7. The second-order valence-electron chi connectivity index (χ2n) is 9.55. The number of carbonyl (C=O) groups excluding carboxylic acids is 2. The number of hydrogen-bond acceptors (Lipinski definition) is 6. The highest BCUT2D eigenvalue weighted by molar-refractivity contribution is 5.99. The van der Waals surface area contributed by atoms with Gasteiger partial charge in [-0.15, -0.1) is 0 Å². The fourth-order valence-corrected chi connectivity index (χ4v) is 5.60. The number of carbonyl (C=O) groups is 2. The fraction of sp³-hybridized carbons (Fsp3) is 0.440. The summed E-state index contributed by atoms with van der Waals surface area (Å²) in [6.07, 6.45) is 7.41. The summed E-state index contributed by atoms with van der Waals surface area (Å²) < 4.78 is 2.17. The van der Waals surface area contributed by atoms with Gasteiger partial charge in [0.15, 0.2) is 0 Å². The molecule has 0 radical (unpaired) electrons. The SMILES string of the molecule is O=C1NCC2(CCCCC2)n2c1cc1cnc(Nc3ccc(C(=O)N4CCNCC4)cc3)nc12. The number of amides is 2. The number of nitrogens with zero attached hydrogens (tertiary/aromatic N) is 4. The van der Waals surface area contributed by atoms with Crippen molar-refractivity contribution in [3.8, 4) is 0 Å². The number of benzene rings is 1. The predicted octanol–water partition coefficient (Wildman–Crippen LogP) is 2.62. The van der Waals surface area contributed by atoms with E-state index in [9.17, 15) is 9.59 Å². The number of rotatable bonds is 3. The first kappa shape index (κ1) is 21.1. The lowest BCUT2D eigenvalue weighted by atomic mass is 9.80. The van der Waals surface area contributed by atoms with Crippen LogP contribution in [0.5, 0.6) is 0 Å². The molecule has 1 spiro atoms. The van der Waals surface area contributed by atoms with E-state index in [2.05, 4.69) is 25.5 Å². The Morgan fingerprint density at radius 1 is 1.06 bits per heavy atom. The van der Waals surface area contributed by atoms with Gasteiger partial charge < -0.3 is 25.4 Å². The van der Waals surface area contributed by atoms with E-state index in [0.29, 0.717) is 23.8 Å². The van der Waals surface area contributed by atoms with Crippen molar-refractivity contribution >= 4 is 34.5 Å². The van der Waals surface area contributed by atoms with Crippen molar-refractivity contribution in [3.63, 3.8) is 0 Å². The number of hydrogen-bond donors (Lipinski definition) is 3. The van der Waals surface area contributed by atoms with Crippen molar-refractivity contribution in [1.82, 2.24) is 30.1 Å². The number of aromatic nitrogens is 3. The molecular weight excluding hydrogens is 430 g/mol. The Hall–Kier alpha value is -3.46. The van der Waals surface area contributed by atoms with Crippen molar-refractivity contribution < 1.29 is 9.59 Å². The Morgan fingerprint density at radius 2 is 1.82 bits per heavy atom. The van der Waals surface area contributed by atoms with Crippen molar-refractivity contribution in [2.45, 2.75) is 37.6 Å². The van der Waals surface area contributed by atoms with Crippen molar-refractivity contribution in [3.05, 3.63) is 47.8 Å². The minimum atomic E-state index is -0.110. The normalized spacial score (nSPS) is 19.6. The van der Waals surface area contributed by atoms with E-state index in [1.807, 2.05) is 35.2 Å². The van der Waals surface area contributed by atoms with Gasteiger partial charge >= 0.3 is 0 Å². The van der Waals surface area contributed by atoms with E-state index >= 15 is 0 Å². The number of fused-ring (bicyclic) bond motifs is 4. The quantitative estimate of drug-likeness (QED) is 0.556. The van der Waals surface area contributed by atoms with Crippen LogP contribution in [0.25, 0.3) is 11.0 Å². The minimum absolute atomic E-state index is 0.0477. The molecule has 0 unspecified atom stereocenters. The van der Waals surface area contributed by atoms with Crippen LogP contribution in [0.2, 0.25) is 0 Å². The third-order valence-electron chi connectivity index (χ3n) is 7.40. The molecule has 0 atom stereocenters. The number of anilines is 2. The number of nitrogens with one attached hydrogen (secondary N) is 3. The van der Waals surface area contributed by atoms with Crippen LogP contribution in [0.15, 0.2) is 36.5 Å². The minimum Gasteiger partial charge on any atom is -0.348 e. The molecule has 3 N–H and O–H groups in total. The van der Waals surface area contributed by atoms with Crippen molar-refractivity contribution in [2.24, 2.45) is 0 Å². The maximum Gasteiger partial charge on any atom is 0.268 e. The maximum absolute atomic E-state index is 12.7. The lowest BCUT2D eigenvalue weighted by Gasteiger charge is -2.42. The molecule has 2 amide bonds. The summed E-state index contributed by atoms with van der Waals surface area (Å²) in [7, 11) is 0. The van der Waals surface area contributed by atoms with E-state index in [0.717, 1.165) is 68.6 Å². The molecule has 2 aromatic heterocycles. The second kappa shape index (κ2) is 8.39. The van der Waals surface area contributed by atoms with Crippen LogP contribution in [-0.2, 0) is 5.54 Å². The van der Waals surface area contributed by atoms with E-state index in [1.165, 1.54) is 6.42 Å². The summed E-state index contributed by atoms with van der Waals surface area (Å²) in [5.74, 6) is 0.488. The first-order valence-corrected chi connectivity index (χ1v) is 12.2. The van der Waals surface area contributed by atoms with Gasteiger partial charge in [0.1, 0.15) is 11.3 Å². The zero-order valence-corrected chi connectivity index (χ0v) is 19.1. The molecule has 9 nitrogen and oxygen atoms in total. The molecule has 176 valence electrons. The zero-order valence-electron chi connectivity index (χ0n) is 19.1. The summed E-state index contributed by atoms with van der Waals surface area (Å²) in [6, 6.07) is 9.34. The molecule has 0 bridgehead atoms. The van der Waals surface area contributed by atoms with Gasteiger partial charge in [0.05, 0.1) is 5.54 Å². The first-order chi connectivity index (χ1) is 16.6. The van der Waals surface area contributed by atoms with Crippen molar-refractivity contribution in [2.75, 3.05) is 38.0 Å². The van der Waals surface area contributed by atoms with Crippen LogP contribution in [0, 0.1) is 0 Å². The molecule has 3 aromatic rings. The highest BCUT2D eigenvalue weighted by Crippen LogP contribution is 2.40. The van der Waals surface area contributed by atoms with Crippen LogP contribution in [-0.4, -0.2) is 64.0 Å². The van der Waals surface area contributed by atoms with Gasteiger partial charge in [-0.1, -0.05) is 19.3 Å². The Kier molecular flexibility index (Phi) is 5.21. The Labute approximate surface area is 197 Å². The topological polar surface area (TPSA) is 104 Å². The lowest BCUT2D eigenvalue weighted by Crippen LogP contribution is -2.52. The summed E-state index contributed by atoms with van der Waals surface area (Å²) in [5.41, 5.74) is 2.85. The van der Waals surface area contributed by atoms with E-state index in [-0.39, 0.29) is 17.4 Å². The highest BCUT2D eigenvalue weighted by Gasteiger charge is 2.41. The lowest BCUT2D eigenvalue weighted by molar-refractivity contribution is 0.0735. The van der Waals surface area contributed by atoms with Gasteiger partial charge in [0.2, 0.25) is 5.95 Å². The summed E-state index contributed by atoms with van der Waals surface area (Å²) in [5, 5.41) is 10.5. The van der Waals surface area contributed by atoms with Crippen LogP contribution in [0.1, 0.15) is 53.0 Å². The molecule has 1 aromatic carbocycles. The molecule has 6 rings (SSSR count). The van der Waals surface area contributed by atoms with Gasteiger partial charge in [-0.25, -0.2) is 4.98 Å². The Bertz CT molecular complexity index is 1240. The average molecular weight is 460 g/mol. The molecule has 1 saturated carbocycles. The molecule has 34 heavy (non-hydrogen) atoms. The third-order valence-corrected chi connectivity index (χ3v) is 7.40. The predicted molar refractivity (Wildman–Crippen MR) is 129 cm³/mol. The van der Waals surface area contributed by atoms with Gasteiger partial charge in [-0.2, -0.15) is 4.98 Å². The van der Waals surface area contributed by atoms with Gasteiger partial charge in [-0.05, 0) is 43.2 Å². The van der Waals surface area contributed by atoms with Gasteiger partial charge in [0.25, 0.3) is 11.8 Å². The summed E-state index contributed by atoms with van der Waals surface area (Å²) >= 11 is 0. The van der Waals surface area contributed by atoms with E-state index in [1.54, 1.807) is 6.20 Å². The smallest absolute Gasteiger partial charge is 0.268 e. The molecule has 2 aliphatic heterocycles. The molecular formula is C25H29N7O2. The Balaban J connectivity index is 1.28. The van der Waals surface area contributed by atoms with Crippen LogP contribution >= 0.6 is 0 Å². The molecule has 3 aliphatic rings. The zero-order chi connectivity index (χ0) is 23.1. The first-order valence-electron chi connectivity index (χ1n) is 12.2. The van der Waals surface area contributed by atoms with E-state index in [4.69, 9.17) is 4.98 Å². The molecule has 9 heteroatoms. The van der Waals surface area contributed by atoms with Crippen LogP contribution < -0.4 is 16.0 Å². The van der Waals surface area contributed by atoms with Gasteiger partial charge in [-0.3, -0.25) is 9.59 Å². The summed E-state index contributed by atoms with van der Waals surface area (Å²) in [6.45, 7) is 3.77. The van der Waals surface area contributed by atoms with Crippen LogP contribution in [0.3, 0.4) is 0 Å². The standard InChI is InChI=1S/C25H29N7O2/c33-22-20-14-18-15-27-24(30-21(18)32(20)25(16-28-22)8-2-1-3-9-25)29-19-6-4-17(5-7-19)23(34)31-12-10-26-11-13-31/h4-7,14-15,26H,1-3,8-13,16H2,(H,28,33)(H,27,29,30). The molecule has 4 heterocycles. The number of piperazine rings is 1. The largest absolute Gasteiger partial charge is 0.348 e. The molecule has 1 aliphatic carbocycles. The Morgan fingerprint density at radius 3 is 2.59 bits per heavy atom. The average Bonchev–Trinajstić information content (AvgIpc) is 3.28. The fourth-order valence-electron chi connectivity index (χ4n) is 5.60. The molecule has 1 saturated heterocycles. The summed E-state index contributed by atoms with van der Waals surface area (Å²) in [4.78, 5) is 36.5. The van der Waals surface area contributed by atoms with Gasteiger partial charge in [0, 0.05) is 55.6 Å². The van der Waals surface area contributed by atoms with E-state index < -0.39 is 0 Å². The van der Waals surface area contributed by atoms with Crippen LogP contribution in [0.4, 0.5) is 11.6 Å². The third kappa shape index (κ3) is 3.60. The van der Waals surface area contributed by atoms with Crippen molar-refractivity contribution in [1.29, 1.82) is 0 Å². The monoisotopic (exact) mass is 459 g/mol.